The fourth-order valence-electron chi connectivity index (χ4n) is 2.60. The van der Waals surface area contributed by atoms with Gasteiger partial charge in [-0.15, -0.1) is 0 Å². The van der Waals surface area contributed by atoms with Gasteiger partial charge in [0.05, 0.1) is 48.5 Å². The fourth-order valence-corrected chi connectivity index (χ4v) is 2.60. The summed E-state index contributed by atoms with van der Waals surface area (Å²) in [6, 6.07) is 1.52. The Morgan fingerprint density at radius 1 is 1.48 bits per heavy atom. The second kappa shape index (κ2) is 6.66. The molecule has 0 aliphatic carbocycles. The third-order valence-corrected chi connectivity index (χ3v) is 3.74. The third kappa shape index (κ3) is 3.26. The van der Waals surface area contributed by atoms with E-state index in [-0.39, 0.29) is 17.9 Å². The van der Waals surface area contributed by atoms with Gasteiger partial charge in [-0.2, -0.15) is 5.10 Å². The van der Waals surface area contributed by atoms with Gasteiger partial charge >= 0.3 is 0 Å². The molecular formula is C15H18N4O4. The van der Waals surface area contributed by atoms with Crippen LogP contribution in [0, 0.1) is 0 Å². The summed E-state index contributed by atoms with van der Waals surface area (Å²) in [5.41, 5.74) is 1.85. The first-order valence-corrected chi connectivity index (χ1v) is 7.34. The van der Waals surface area contributed by atoms with Crippen LogP contribution in [0.2, 0.25) is 0 Å². The number of aromatic nitrogens is 2. The van der Waals surface area contributed by atoms with Crippen molar-refractivity contribution in [3.05, 3.63) is 41.6 Å². The molecule has 0 aromatic carbocycles. The Bertz CT molecular complexity index is 692. The zero-order valence-corrected chi connectivity index (χ0v) is 12.7. The lowest BCUT2D eigenvalue weighted by Gasteiger charge is -2.10. The van der Waals surface area contributed by atoms with Gasteiger partial charge in [0.25, 0.3) is 11.8 Å². The van der Waals surface area contributed by atoms with Crippen molar-refractivity contribution in [2.45, 2.75) is 19.0 Å². The summed E-state index contributed by atoms with van der Waals surface area (Å²) in [5.74, 6) is -0.370. The Hall–Kier alpha value is -2.61. The van der Waals surface area contributed by atoms with Crippen LogP contribution < -0.4 is 10.6 Å². The minimum atomic E-state index is -0.194. The molecule has 23 heavy (non-hydrogen) atoms. The number of ether oxygens (including phenoxy) is 1. The highest BCUT2D eigenvalue weighted by molar-refractivity contribution is 5.95. The summed E-state index contributed by atoms with van der Waals surface area (Å²) >= 11 is 0. The zero-order valence-electron chi connectivity index (χ0n) is 12.7. The molecule has 2 aromatic rings. The van der Waals surface area contributed by atoms with E-state index in [9.17, 15) is 9.59 Å². The van der Waals surface area contributed by atoms with Crippen LogP contribution in [0.25, 0.3) is 0 Å². The van der Waals surface area contributed by atoms with Crippen LogP contribution >= 0.6 is 0 Å². The number of furan rings is 1. The van der Waals surface area contributed by atoms with E-state index in [1.807, 2.05) is 0 Å². The molecule has 1 atom stereocenters. The number of hydrogen-bond donors (Lipinski definition) is 2. The van der Waals surface area contributed by atoms with Gasteiger partial charge in [0.1, 0.15) is 6.26 Å². The highest BCUT2D eigenvalue weighted by Crippen LogP contribution is 2.19. The molecule has 3 rings (SSSR count). The molecule has 122 valence electrons. The lowest BCUT2D eigenvalue weighted by molar-refractivity contribution is 0.0931. The van der Waals surface area contributed by atoms with Gasteiger partial charge in [-0.1, -0.05) is 0 Å². The molecule has 0 spiro atoms. The number of hydrogen-bond acceptors (Lipinski definition) is 5. The van der Waals surface area contributed by atoms with Crippen molar-refractivity contribution >= 4 is 11.8 Å². The molecule has 0 radical (unpaired) electrons. The van der Waals surface area contributed by atoms with Crippen molar-refractivity contribution in [1.82, 2.24) is 20.4 Å². The summed E-state index contributed by atoms with van der Waals surface area (Å²) in [4.78, 5) is 24.2. The summed E-state index contributed by atoms with van der Waals surface area (Å²) in [6.07, 6.45) is 4.98. The molecular weight excluding hydrogens is 300 g/mol. The van der Waals surface area contributed by atoms with Crippen LogP contribution in [0.4, 0.5) is 0 Å². The summed E-state index contributed by atoms with van der Waals surface area (Å²) in [7, 11) is 1.58. The summed E-state index contributed by atoms with van der Waals surface area (Å²) in [6.45, 7) is 1.45. The molecule has 2 N–H and O–H groups in total. The fraction of sp³-hybridized carbons (Fsp3) is 0.400. The molecule has 8 heteroatoms. The molecule has 0 fully saturated rings. The standard InChI is InChI=1S/C15H18N4O4/c1-22-5-3-16-15(21)12-7-17-19-8-11(6-13(12)19)18-14(20)10-2-4-23-9-10/h2,4,7,9,11H,3,5-6,8H2,1H3,(H,16,21)(H,18,20)/t11-/m0/s1. The quantitative estimate of drug-likeness (QED) is 0.742. The van der Waals surface area contributed by atoms with Gasteiger partial charge in [0.15, 0.2) is 0 Å². The maximum Gasteiger partial charge on any atom is 0.254 e. The van der Waals surface area contributed by atoms with Crippen molar-refractivity contribution in [1.29, 1.82) is 0 Å². The number of methoxy groups -OCH3 is 1. The molecule has 2 aromatic heterocycles. The van der Waals surface area contributed by atoms with Crippen LogP contribution in [-0.2, 0) is 17.7 Å². The lowest BCUT2D eigenvalue weighted by Crippen LogP contribution is -2.36. The van der Waals surface area contributed by atoms with E-state index in [2.05, 4.69) is 15.7 Å². The van der Waals surface area contributed by atoms with E-state index in [4.69, 9.17) is 9.15 Å². The highest BCUT2D eigenvalue weighted by atomic mass is 16.5. The molecule has 0 unspecified atom stereocenters. The molecule has 2 amide bonds. The number of nitrogens with zero attached hydrogens (tertiary/aromatic N) is 2. The third-order valence-electron chi connectivity index (χ3n) is 3.74. The Balaban J connectivity index is 1.61. The van der Waals surface area contributed by atoms with Crippen LogP contribution in [-0.4, -0.2) is 47.9 Å². The average Bonchev–Trinajstić information content (AvgIpc) is 3.23. The van der Waals surface area contributed by atoms with Gasteiger partial charge in [-0.3, -0.25) is 14.3 Å². The Morgan fingerprint density at radius 2 is 2.35 bits per heavy atom. The van der Waals surface area contributed by atoms with E-state index in [0.29, 0.717) is 37.2 Å². The minimum Gasteiger partial charge on any atom is -0.472 e. The normalized spacial score (nSPS) is 16.1. The smallest absolute Gasteiger partial charge is 0.254 e. The van der Waals surface area contributed by atoms with Crippen LogP contribution in [0.15, 0.2) is 29.2 Å². The van der Waals surface area contributed by atoms with Crippen LogP contribution in [0.5, 0.6) is 0 Å². The predicted octanol–water partition coefficient (Wildman–Crippen LogP) is 0.207. The van der Waals surface area contributed by atoms with Crippen molar-refractivity contribution in [2.75, 3.05) is 20.3 Å². The Kier molecular flexibility index (Phi) is 4.42. The van der Waals surface area contributed by atoms with Crippen molar-refractivity contribution in [2.24, 2.45) is 0 Å². The number of rotatable bonds is 6. The second-order valence-electron chi connectivity index (χ2n) is 5.32. The van der Waals surface area contributed by atoms with Gasteiger partial charge in [0.2, 0.25) is 0 Å². The number of fused-ring (bicyclic) bond motifs is 1. The van der Waals surface area contributed by atoms with Crippen molar-refractivity contribution in [3.8, 4) is 0 Å². The molecule has 3 heterocycles. The molecule has 8 nitrogen and oxygen atoms in total. The zero-order chi connectivity index (χ0) is 16.2. The minimum absolute atomic E-state index is 0.0911. The first-order valence-electron chi connectivity index (χ1n) is 7.34. The summed E-state index contributed by atoms with van der Waals surface area (Å²) < 4.78 is 11.6. The number of carbonyl (C=O) groups is 2. The topological polar surface area (TPSA) is 98.4 Å². The first-order chi connectivity index (χ1) is 11.2. The van der Waals surface area contributed by atoms with E-state index in [0.717, 1.165) is 5.69 Å². The maximum absolute atomic E-state index is 12.1. The Morgan fingerprint density at radius 3 is 3.09 bits per heavy atom. The molecule has 0 bridgehead atoms. The summed E-state index contributed by atoms with van der Waals surface area (Å²) in [5, 5.41) is 9.92. The second-order valence-corrected chi connectivity index (χ2v) is 5.32. The van der Waals surface area contributed by atoms with Crippen molar-refractivity contribution < 1.29 is 18.7 Å². The monoisotopic (exact) mass is 318 g/mol. The maximum atomic E-state index is 12.1. The molecule has 0 saturated carbocycles. The van der Waals surface area contributed by atoms with E-state index in [1.165, 1.54) is 12.5 Å². The van der Waals surface area contributed by atoms with Gasteiger partial charge < -0.3 is 19.8 Å². The average molecular weight is 318 g/mol. The Labute approximate surface area is 132 Å². The molecule has 1 aliphatic heterocycles. The lowest BCUT2D eigenvalue weighted by atomic mass is 10.1. The van der Waals surface area contributed by atoms with E-state index < -0.39 is 0 Å². The van der Waals surface area contributed by atoms with E-state index >= 15 is 0 Å². The van der Waals surface area contributed by atoms with Crippen molar-refractivity contribution in [3.63, 3.8) is 0 Å². The SMILES string of the molecule is COCCNC(=O)c1cnn2c1C[C@H](NC(=O)c1ccoc1)C2. The van der Waals surface area contributed by atoms with Gasteiger partial charge in [-0.25, -0.2) is 0 Å². The first kappa shape index (κ1) is 15.3. The molecule has 1 aliphatic rings. The number of amides is 2. The van der Waals surface area contributed by atoms with E-state index in [1.54, 1.807) is 24.1 Å². The molecule has 0 saturated heterocycles. The van der Waals surface area contributed by atoms with Crippen LogP contribution in [0.1, 0.15) is 26.4 Å². The predicted molar refractivity (Wildman–Crippen MR) is 80.1 cm³/mol. The number of carbonyl (C=O) groups excluding carboxylic acids is 2. The highest BCUT2D eigenvalue weighted by Gasteiger charge is 2.29. The van der Waals surface area contributed by atoms with Gasteiger partial charge in [0, 0.05) is 20.1 Å². The number of nitrogens with one attached hydrogen (secondary N) is 2. The van der Waals surface area contributed by atoms with Gasteiger partial charge in [-0.05, 0) is 6.07 Å². The largest absolute Gasteiger partial charge is 0.472 e. The van der Waals surface area contributed by atoms with Crippen LogP contribution in [0.3, 0.4) is 0 Å².